The van der Waals surface area contributed by atoms with Gasteiger partial charge in [0.2, 0.25) is 0 Å². The quantitative estimate of drug-likeness (QED) is 0.837. The summed E-state index contributed by atoms with van der Waals surface area (Å²) < 4.78 is 6.99. The molecule has 2 N–H and O–H groups in total. The highest BCUT2D eigenvalue weighted by molar-refractivity contribution is 9.10. The van der Waals surface area contributed by atoms with Crippen molar-refractivity contribution >= 4 is 15.9 Å². The molecule has 0 spiro atoms. The van der Waals surface area contributed by atoms with E-state index in [0.29, 0.717) is 6.54 Å². The molecule has 0 aliphatic heterocycles. The van der Waals surface area contributed by atoms with Crippen molar-refractivity contribution in [2.75, 3.05) is 13.7 Å². The van der Waals surface area contributed by atoms with Gasteiger partial charge in [-0.25, -0.2) is 0 Å². The lowest BCUT2D eigenvalue weighted by atomic mass is 9.68. The highest BCUT2D eigenvalue weighted by Gasteiger charge is 2.37. The number of methoxy groups -OCH3 is 1. The highest BCUT2D eigenvalue weighted by atomic mass is 79.9. The van der Waals surface area contributed by atoms with Crippen molar-refractivity contribution in [3.05, 3.63) is 27.7 Å². The van der Waals surface area contributed by atoms with E-state index in [1.54, 1.807) is 7.11 Å². The van der Waals surface area contributed by atoms with Crippen LogP contribution in [0.1, 0.15) is 64.0 Å². The zero-order valence-electron chi connectivity index (χ0n) is 13.8. The summed E-state index contributed by atoms with van der Waals surface area (Å²) in [6.07, 6.45) is 6.18. The van der Waals surface area contributed by atoms with Crippen molar-refractivity contribution in [2.24, 2.45) is 5.73 Å². The Morgan fingerprint density at radius 3 is 2.29 bits per heavy atom. The summed E-state index contributed by atoms with van der Waals surface area (Å²) in [7, 11) is 1.79. The molecule has 1 aliphatic carbocycles. The summed E-state index contributed by atoms with van der Waals surface area (Å²) in [6.45, 7) is 7.40. The predicted molar refractivity (Wildman–Crippen MR) is 93.2 cm³/mol. The fourth-order valence-corrected chi connectivity index (χ4v) is 4.03. The predicted octanol–water partition coefficient (Wildman–Crippen LogP) is 4.92. The zero-order valence-corrected chi connectivity index (χ0v) is 15.3. The molecule has 118 valence electrons. The summed E-state index contributed by atoms with van der Waals surface area (Å²) in [5, 5.41) is 0. The van der Waals surface area contributed by atoms with E-state index in [1.807, 2.05) is 0 Å². The van der Waals surface area contributed by atoms with Crippen LogP contribution in [0.15, 0.2) is 16.6 Å². The molecule has 2 nitrogen and oxygen atoms in total. The topological polar surface area (TPSA) is 35.2 Å². The third-order valence-electron chi connectivity index (χ3n) is 4.84. The molecule has 0 unspecified atom stereocenters. The molecule has 1 saturated carbocycles. The minimum Gasteiger partial charge on any atom is -0.496 e. The number of nitrogens with two attached hydrogens (primary N) is 1. The molecule has 1 aromatic rings. The summed E-state index contributed by atoms with van der Waals surface area (Å²) in [6, 6.07) is 4.42. The molecule has 0 amide bonds. The maximum absolute atomic E-state index is 6.23. The van der Waals surface area contributed by atoms with Gasteiger partial charge in [0.15, 0.2) is 0 Å². The van der Waals surface area contributed by atoms with Gasteiger partial charge in [0.05, 0.1) is 7.11 Å². The second-order valence-electron chi connectivity index (χ2n) is 7.33. The fourth-order valence-electron chi connectivity index (χ4n) is 3.58. The van der Waals surface area contributed by atoms with Crippen LogP contribution in [0.25, 0.3) is 0 Å². The largest absolute Gasteiger partial charge is 0.496 e. The van der Waals surface area contributed by atoms with Crippen LogP contribution < -0.4 is 10.5 Å². The van der Waals surface area contributed by atoms with Gasteiger partial charge >= 0.3 is 0 Å². The van der Waals surface area contributed by atoms with Crippen LogP contribution in [0.2, 0.25) is 0 Å². The van der Waals surface area contributed by atoms with E-state index in [-0.39, 0.29) is 10.8 Å². The molecule has 0 radical (unpaired) electrons. The first-order valence-corrected chi connectivity index (χ1v) is 8.72. The molecule has 21 heavy (non-hydrogen) atoms. The molecular formula is C18H28BrNO. The summed E-state index contributed by atoms with van der Waals surface area (Å²) in [5.41, 5.74) is 8.91. The van der Waals surface area contributed by atoms with E-state index in [0.717, 1.165) is 10.2 Å². The van der Waals surface area contributed by atoms with Gasteiger partial charge in [0, 0.05) is 27.6 Å². The number of ether oxygens (including phenoxy) is 1. The number of hydrogen-bond donors (Lipinski definition) is 1. The minimum absolute atomic E-state index is 0.0499. The van der Waals surface area contributed by atoms with Gasteiger partial charge in [-0.3, -0.25) is 0 Å². The first kappa shape index (κ1) is 16.8. The van der Waals surface area contributed by atoms with E-state index in [2.05, 4.69) is 48.8 Å². The summed E-state index contributed by atoms with van der Waals surface area (Å²) >= 11 is 3.69. The number of benzene rings is 1. The van der Waals surface area contributed by atoms with Crippen LogP contribution in [0.3, 0.4) is 0 Å². The van der Waals surface area contributed by atoms with Crippen molar-refractivity contribution in [1.82, 2.24) is 0 Å². The number of hydrogen-bond acceptors (Lipinski definition) is 2. The second kappa shape index (κ2) is 6.29. The normalized spacial score (nSPS) is 18.6. The third kappa shape index (κ3) is 3.29. The first-order valence-electron chi connectivity index (χ1n) is 7.92. The van der Waals surface area contributed by atoms with E-state index < -0.39 is 0 Å². The molecule has 1 fully saturated rings. The monoisotopic (exact) mass is 353 g/mol. The van der Waals surface area contributed by atoms with Crippen molar-refractivity contribution in [3.8, 4) is 5.75 Å². The van der Waals surface area contributed by atoms with Crippen LogP contribution in [0.5, 0.6) is 5.75 Å². The van der Waals surface area contributed by atoms with Crippen LogP contribution >= 0.6 is 15.9 Å². The average Bonchev–Trinajstić information content (AvgIpc) is 2.46. The second-order valence-corrected chi connectivity index (χ2v) is 8.24. The highest BCUT2D eigenvalue weighted by Crippen LogP contribution is 2.47. The van der Waals surface area contributed by atoms with E-state index in [4.69, 9.17) is 10.5 Å². The Hall–Kier alpha value is -0.540. The molecule has 0 heterocycles. The summed E-state index contributed by atoms with van der Waals surface area (Å²) in [4.78, 5) is 0. The maximum Gasteiger partial charge on any atom is 0.126 e. The van der Waals surface area contributed by atoms with Gasteiger partial charge in [-0.1, -0.05) is 56.0 Å². The van der Waals surface area contributed by atoms with Crippen LogP contribution in [0, 0.1) is 0 Å². The fraction of sp³-hybridized carbons (Fsp3) is 0.667. The Balaban J connectivity index is 2.64. The zero-order chi connectivity index (χ0) is 15.7. The Morgan fingerprint density at radius 1 is 1.19 bits per heavy atom. The first-order chi connectivity index (χ1) is 9.84. The molecular weight excluding hydrogens is 326 g/mol. The Bertz CT molecular complexity index is 499. The van der Waals surface area contributed by atoms with Gasteiger partial charge in [0.25, 0.3) is 0 Å². The molecule has 2 rings (SSSR count). The van der Waals surface area contributed by atoms with E-state index in [1.165, 1.54) is 43.2 Å². The minimum atomic E-state index is 0.0499. The lowest BCUT2D eigenvalue weighted by Gasteiger charge is -2.39. The van der Waals surface area contributed by atoms with E-state index in [9.17, 15) is 0 Å². The maximum atomic E-state index is 6.23. The van der Waals surface area contributed by atoms with Gasteiger partial charge in [0.1, 0.15) is 5.75 Å². The molecule has 1 aromatic carbocycles. The van der Waals surface area contributed by atoms with Crippen molar-refractivity contribution in [3.63, 3.8) is 0 Å². The molecule has 1 aliphatic rings. The molecule has 3 heteroatoms. The van der Waals surface area contributed by atoms with Crippen molar-refractivity contribution in [2.45, 2.75) is 63.7 Å². The van der Waals surface area contributed by atoms with Crippen molar-refractivity contribution in [1.29, 1.82) is 0 Å². The Labute approximate surface area is 137 Å². The molecule has 0 atom stereocenters. The Kier molecular flexibility index (Phi) is 5.04. The van der Waals surface area contributed by atoms with E-state index >= 15 is 0 Å². The van der Waals surface area contributed by atoms with Gasteiger partial charge in [-0.05, 0) is 30.4 Å². The Morgan fingerprint density at radius 2 is 1.81 bits per heavy atom. The SMILES string of the molecule is COc1c(C(C)(C)C)cc(Br)cc1C1(CN)CCCCC1. The standard InChI is InChI=1S/C18H28BrNO/c1-17(2,3)14-10-13(19)11-15(16(14)21-4)18(12-20)8-6-5-7-9-18/h10-11H,5-9,12,20H2,1-4H3. The molecule has 0 saturated heterocycles. The smallest absolute Gasteiger partial charge is 0.126 e. The van der Waals surface area contributed by atoms with Crippen LogP contribution in [0.4, 0.5) is 0 Å². The van der Waals surface area contributed by atoms with Crippen LogP contribution in [-0.2, 0) is 10.8 Å². The third-order valence-corrected chi connectivity index (χ3v) is 5.30. The van der Waals surface area contributed by atoms with Gasteiger partial charge in [-0.2, -0.15) is 0 Å². The number of halogens is 1. The molecule has 0 bridgehead atoms. The number of rotatable bonds is 3. The van der Waals surface area contributed by atoms with Crippen LogP contribution in [-0.4, -0.2) is 13.7 Å². The lowest BCUT2D eigenvalue weighted by molar-refractivity contribution is 0.285. The van der Waals surface area contributed by atoms with Gasteiger partial charge in [-0.15, -0.1) is 0 Å². The molecule has 0 aromatic heterocycles. The summed E-state index contributed by atoms with van der Waals surface area (Å²) in [5.74, 6) is 1.04. The van der Waals surface area contributed by atoms with Gasteiger partial charge < -0.3 is 10.5 Å². The average molecular weight is 354 g/mol. The van der Waals surface area contributed by atoms with Crippen molar-refractivity contribution < 1.29 is 4.74 Å². The lowest BCUT2D eigenvalue weighted by Crippen LogP contribution is -2.38.